The fourth-order valence-electron chi connectivity index (χ4n) is 1.38. The lowest BCUT2D eigenvalue weighted by atomic mass is 10.1. The van der Waals surface area contributed by atoms with Crippen LogP contribution in [-0.2, 0) is 4.79 Å². The second-order valence-electron chi connectivity index (χ2n) is 4.01. The predicted molar refractivity (Wildman–Crippen MR) is 67.4 cm³/mol. The number of nitrogens with one attached hydrogen (secondary N) is 1. The molecule has 0 radical (unpaired) electrons. The van der Waals surface area contributed by atoms with Gasteiger partial charge in [-0.3, -0.25) is 4.79 Å². The highest BCUT2D eigenvalue weighted by atomic mass is 35.5. The lowest BCUT2D eigenvalue weighted by Crippen LogP contribution is -2.24. The zero-order valence-electron chi connectivity index (χ0n) is 9.75. The summed E-state index contributed by atoms with van der Waals surface area (Å²) in [5.74, 6) is -0.0764. The van der Waals surface area contributed by atoms with Gasteiger partial charge in [0.15, 0.2) is 0 Å². The third-order valence-electron chi connectivity index (χ3n) is 2.13. The molecule has 0 aliphatic rings. The minimum Gasteiger partial charge on any atom is -0.346 e. The molecule has 1 amide bonds. The first-order chi connectivity index (χ1) is 7.49. The SMILES string of the molecule is CC(C)=CC(=O)N[C@@H](C)c1cccc(Cl)c1. The molecule has 3 heteroatoms. The maximum absolute atomic E-state index is 11.5. The number of carbonyl (C=O) groups is 1. The Bertz CT molecular complexity index is 408. The van der Waals surface area contributed by atoms with Crippen LogP contribution >= 0.6 is 11.6 Å². The first-order valence-electron chi connectivity index (χ1n) is 5.20. The van der Waals surface area contributed by atoms with E-state index in [1.54, 1.807) is 6.08 Å². The number of hydrogen-bond acceptors (Lipinski definition) is 1. The summed E-state index contributed by atoms with van der Waals surface area (Å²) in [6, 6.07) is 7.45. The van der Waals surface area contributed by atoms with Crippen LogP contribution in [0.15, 0.2) is 35.9 Å². The molecule has 1 N–H and O–H groups in total. The second-order valence-corrected chi connectivity index (χ2v) is 4.44. The third-order valence-corrected chi connectivity index (χ3v) is 2.36. The van der Waals surface area contributed by atoms with E-state index in [0.717, 1.165) is 11.1 Å². The molecule has 86 valence electrons. The minimum absolute atomic E-state index is 0.0400. The summed E-state index contributed by atoms with van der Waals surface area (Å²) >= 11 is 5.89. The van der Waals surface area contributed by atoms with Crippen molar-refractivity contribution < 1.29 is 4.79 Å². The van der Waals surface area contributed by atoms with Crippen LogP contribution in [0.1, 0.15) is 32.4 Å². The van der Waals surface area contributed by atoms with E-state index in [9.17, 15) is 4.79 Å². The van der Waals surface area contributed by atoms with E-state index >= 15 is 0 Å². The van der Waals surface area contributed by atoms with E-state index in [-0.39, 0.29) is 11.9 Å². The summed E-state index contributed by atoms with van der Waals surface area (Å²) in [5, 5.41) is 3.56. The highest BCUT2D eigenvalue weighted by Crippen LogP contribution is 2.17. The highest BCUT2D eigenvalue weighted by Gasteiger charge is 2.07. The number of halogens is 1. The molecule has 0 bridgehead atoms. The standard InChI is InChI=1S/C13H16ClNO/c1-9(2)7-13(16)15-10(3)11-5-4-6-12(14)8-11/h4-8,10H,1-3H3,(H,15,16)/t10-/m0/s1. The Morgan fingerprint density at radius 2 is 2.12 bits per heavy atom. The van der Waals surface area contributed by atoms with E-state index in [4.69, 9.17) is 11.6 Å². The van der Waals surface area contributed by atoms with Gasteiger partial charge in [0.2, 0.25) is 5.91 Å². The summed E-state index contributed by atoms with van der Waals surface area (Å²) in [7, 11) is 0. The number of hydrogen-bond donors (Lipinski definition) is 1. The lowest BCUT2D eigenvalue weighted by molar-refractivity contribution is -0.117. The van der Waals surface area contributed by atoms with Crippen molar-refractivity contribution in [3.05, 3.63) is 46.5 Å². The number of amides is 1. The summed E-state index contributed by atoms with van der Waals surface area (Å²) in [6.45, 7) is 5.72. The summed E-state index contributed by atoms with van der Waals surface area (Å²) in [4.78, 5) is 11.5. The van der Waals surface area contributed by atoms with Crippen molar-refractivity contribution in [1.82, 2.24) is 5.32 Å². The van der Waals surface area contributed by atoms with Crippen LogP contribution in [0, 0.1) is 0 Å². The van der Waals surface area contributed by atoms with Gasteiger partial charge in [-0.2, -0.15) is 0 Å². The van der Waals surface area contributed by atoms with Crippen molar-refractivity contribution in [2.24, 2.45) is 0 Å². The fourth-order valence-corrected chi connectivity index (χ4v) is 1.58. The third kappa shape index (κ3) is 4.07. The van der Waals surface area contributed by atoms with Crippen LogP contribution in [0.4, 0.5) is 0 Å². The van der Waals surface area contributed by atoms with Gasteiger partial charge in [-0.1, -0.05) is 29.3 Å². The summed E-state index contributed by atoms with van der Waals surface area (Å²) in [6.07, 6.45) is 1.58. The van der Waals surface area contributed by atoms with Crippen LogP contribution in [0.5, 0.6) is 0 Å². The molecule has 0 saturated carbocycles. The van der Waals surface area contributed by atoms with Crippen LogP contribution in [-0.4, -0.2) is 5.91 Å². The van der Waals surface area contributed by atoms with E-state index in [0.29, 0.717) is 5.02 Å². The summed E-state index contributed by atoms with van der Waals surface area (Å²) < 4.78 is 0. The molecule has 1 atom stereocenters. The Hall–Kier alpha value is -1.28. The molecule has 0 spiro atoms. The molecule has 1 rings (SSSR count). The monoisotopic (exact) mass is 237 g/mol. The van der Waals surface area contributed by atoms with E-state index in [2.05, 4.69) is 5.32 Å². The zero-order valence-corrected chi connectivity index (χ0v) is 10.5. The van der Waals surface area contributed by atoms with Crippen molar-refractivity contribution >= 4 is 17.5 Å². The van der Waals surface area contributed by atoms with Gasteiger partial charge in [0.1, 0.15) is 0 Å². The molecule has 0 aliphatic heterocycles. The van der Waals surface area contributed by atoms with Gasteiger partial charge in [0, 0.05) is 11.1 Å². The molecule has 0 aliphatic carbocycles. The van der Waals surface area contributed by atoms with Crippen LogP contribution < -0.4 is 5.32 Å². The molecule has 1 aromatic rings. The first kappa shape index (κ1) is 12.8. The number of carbonyl (C=O) groups excluding carboxylic acids is 1. The number of allylic oxidation sites excluding steroid dienone is 1. The van der Waals surface area contributed by atoms with Crippen LogP contribution in [0.2, 0.25) is 5.02 Å². The smallest absolute Gasteiger partial charge is 0.244 e. The summed E-state index contributed by atoms with van der Waals surface area (Å²) in [5.41, 5.74) is 1.99. The van der Waals surface area contributed by atoms with E-state index < -0.39 is 0 Å². The average molecular weight is 238 g/mol. The van der Waals surface area contributed by atoms with Gasteiger partial charge in [0.05, 0.1) is 6.04 Å². The Morgan fingerprint density at radius 1 is 1.44 bits per heavy atom. The quantitative estimate of drug-likeness (QED) is 0.802. The number of rotatable bonds is 3. The molecular weight excluding hydrogens is 222 g/mol. The Labute approximate surface area is 101 Å². The maximum Gasteiger partial charge on any atom is 0.244 e. The van der Waals surface area contributed by atoms with Gasteiger partial charge < -0.3 is 5.32 Å². The van der Waals surface area contributed by atoms with Crippen molar-refractivity contribution in [3.8, 4) is 0 Å². The van der Waals surface area contributed by atoms with E-state index in [1.807, 2.05) is 45.0 Å². The molecular formula is C13H16ClNO. The number of benzene rings is 1. The molecule has 0 fully saturated rings. The normalized spacial score (nSPS) is 11.8. The van der Waals surface area contributed by atoms with Crippen LogP contribution in [0.25, 0.3) is 0 Å². The van der Waals surface area contributed by atoms with Crippen molar-refractivity contribution in [2.75, 3.05) is 0 Å². The molecule has 0 heterocycles. The van der Waals surface area contributed by atoms with Gasteiger partial charge in [0.25, 0.3) is 0 Å². The fraction of sp³-hybridized carbons (Fsp3) is 0.308. The van der Waals surface area contributed by atoms with Gasteiger partial charge in [-0.05, 0) is 38.5 Å². The molecule has 2 nitrogen and oxygen atoms in total. The second kappa shape index (κ2) is 5.71. The van der Waals surface area contributed by atoms with Crippen molar-refractivity contribution in [1.29, 1.82) is 0 Å². The lowest BCUT2D eigenvalue weighted by Gasteiger charge is -2.13. The molecule has 0 aromatic heterocycles. The first-order valence-corrected chi connectivity index (χ1v) is 5.57. The van der Waals surface area contributed by atoms with Gasteiger partial charge in [-0.25, -0.2) is 0 Å². The van der Waals surface area contributed by atoms with Crippen molar-refractivity contribution in [2.45, 2.75) is 26.8 Å². The van der Waals surface area contributed by atoms with Crippen LogP contribution in [0.3, 0.4) is 0 Å². The molecule has 1 aromatic carbocycles. The minimum atomic E-state index is -0.0764. The Kier molecular flexibility index (Phi) is 4.56. The average Bonchev–Trinajstić information content (AvgIpc) is 2.16. The largest absolute Gasteiger partial charge is 0.346 e. The Morgan fingerprint density at radius 3 is 2.69 bits per heavy atom. The Balaban J connectivity index is 2.69. The van der Waals surface area contributed by atoms with Crippen molar-refractivity contribution in [3.63, 3.8) is 0 Å². The zero-order chi connectivity index (χ0) is 12.1. The van der Waals surface area contributed by atoms with Gasteiger partial charge >= 0.3 is 0 Å². The van der Waals surface area contributed by atoms with Gasteiger partial charge in [-0.15, -0.1) is 0 Å². The molecule has 0 saturated heterocycles. The maximum atomic E-state index is 11.5. The molecule has 0 unspecified atom stereocenters. The topological polar surface area (TPSA) is 29.1 Å². The highest BCUT2D eigenvalue weighted by molar-refractivity contribution is 6.30. The predicted octanol–water partition coefficient (Wildman–Crippen LogP) is 3.48. The molecule has 16 heavy (non-hydrogen) atoms. The van der Waals surface area contributed by atoms with E-state index in [1.165, 1.54) is 0 Å².